The number of carbonyl (C=O) groups excluding carboxylic acids is 1. The normalized spacial score (nSPS) is 17.0. The molecule has 94 valence electrons. The van der Waals surface area contributed by atoms with Crippen LogP contribution in [0.1, 0.15) is 29.4 Å². The Kier molecular flexibility index (Phi) is 4.05. The maximum Gasteiger partial charge on any atom is 0.292 e. The molecule has 1 aliphatic heterocycles. The number of hydrogen-bond donors (Lipinski definition) is 2. The molecular weight excluding hydrogens is 224 g/mol. The van der Waals surface area contributed by atoms with Crippen LogP contribution in [0.15, 0.2) is 4.52 Å². The van der Waals surface area contributed by atoms with Crippen LogP contribution in [0.2, 0.25) is 0 Å². The summed E-state index contributed by atoms with van der Waals surface area (Å²) in [5, 5.41) is 9.24. The van der Waals surface area contributed by atoms with Gasteiger partial charge in [0.05, 0.1) is 6.10 Å². The Labute approximate surface area is 98.9 Å². The molecule has 7 nitrogen and oxygen atoms in total. The third-order valence-corrected chi connectivity index (χ3v) is 2.63. The molecule has 17 heavy (non-hydrogen) atoms. The minimum atomic E-state index is -0.359. The molecule has 1 saturated heterocycles. The van der Waals surface area contributed by atoms with Gasteiger partial charge in [-0.3, -0.25) is 4.79 Å². The zero-order valence-corrected chi connectivity index (χ0v) is 9.73. The summed E-state index contributed by atoms with van der Waals surface area (Å²) >= 11 is 0. The van der Waals surface area contributed by atoms with Crippen molar-refractivity contribution in [1.82, 2.24) is 20.8 Å². The van der Waals surface area contributed by atoms with Gasteiger partial charge in [-0.05, 0) is 25.9 Å². The summed E-state index contributed by atoms with van der Waals surface area (Å²) in [6.45, 7) is 2.20. The van der Waals surface area contributed by atoms with Crippen molar-refractivity contribution in [2.24, 2.45) is 0 Å². The van der Waals surface area contributed by atoms with E-state index in [2.05, 4.69) is 20.8 Å². The Morgan fingerprint density at radius 2 is 2.35 bits per heavy atom. The van der Waals surface area contributed by atoms with Crippen molar-refractivity contribution in [3.05, 3.63) is 11.7 Å². The van der Waals surface area contributed by atoms with E-state index in [9.17, 15) is 4.79 Å². The average molecular weight is 240 g/mol. The summed E-state index contributed by atoms with van der Waals surface area (Å²) in [5.74, 6) is 0.0143. The molecule has 1 aliphatic rings. The number of nitrogens with one attached hydrogen (secondary N) is 2. The molecule has 1 aromatic rings. The van der Waals surface area contributed by atoms with Gasteiger partial charge in [-0.15, -0.1) is 0 Å². The highest BCUT2D eigenvalue weighted by Crippen LogP contribution is 2.10. The highest BCUT2D eigenvalue weighted by Gasteiger charge is 2.16. The van der Waals surface area contributed by atoms with Crippen LogP contribution in [0.3, 0.4) is 0 Å². The minimum absolute atomic E-state index is 0.0383. The summed E-state index contributed by atoms with van der Waals surface area (Å²) < 4.78 is 10.5. The molecule has 0 unspecified atom stereocenters. The maximum atomic E-state index is 11.2. The van der Waals surface area contributed by atoms with E-state index in [4.69, 9.17) is 9.26 Å². The zero-order chi connectivity index (χ0) is 12.1. The Balaban J connectivity index is 1.82. The molecule has 2 N–H and O–H groups in total. The second-order valence-corrected chi connectivity index (χ2v) is 3.85. The Morgan fingerprint density at radius 3 is 3.06 bits per heavy atom. The molecule has 1 amide bonds. The first-order valence-electron chi connectivity index (χ1n) is 5.66. The van der Waals surface area contributed by atoms with Crippen LogP contribution in [-0.4, -0.2) is 42.3 Å². The maximum absolute atomic E-state index is 11.2. The van der Waals surface area contributed by atoms with E-state index in [1.165, 1.54) is 7.05 Å². The van der Waals surface area contributed by atoms with Crippen molar-refractivity contribution in [1.29, 1.82) is 0 Å². The number of rotatable bonds is 4. The van der Waals surface area contributed by atoms with Crippen molar-refractivity contribution in [3.8, 4) is 0 Å². The summed E-state index contributed by atoms with van der Waals surface area (Å²) in [7, 11) is 1.52. The standard InChI is InChI=1S/C10H16N4O3/c1-11-10(15)9-13-8(17-14-9)6-16-7-2-4-12-5-3-7/h7,12H,2-6H2,1H3,(H,11,15). The molecule has 1 aromatic heterocycles. The van der Waals surface area contributed by atoms with Crippen LogP contribution in [0.5, 0.6) is 0 Å². The summed E-state index contributed by atoms with van der Waals surface area (Å²) in [6.07, 6.45) is 2.19. The Hall–Kier alpha value is -1.47. The van der Waals surface area contributed by atoms with Gasteiger partial charge in [0.15, 0.2) is 0 Å². The molecule has 2 heterocycles. The van der Waals surface area contributed by atoms with Crippen LogP contribution >= 0.6 is 0 Å². The Bertz CT molecular complexity index is 373. The summed E-state index contributed by atoms with van der Waals surface area (Å²) in [4.78, 5) is 15.1. The van der Waals surface area contributed by atoms with E-state index in [0.29, 0.717) is 5.89 Å². The molecule has 7 heteroatoms. The van der Waals surface area contributed by atoms with Gasteiger partial charge < -0.3 is 19.9 Å². The van der Waals surface area contributed by atoms with Crippen LogP contribution in [-0.2, 0) is 11.3 Å². The van der Waals surface area contributed by atoms with Crippen molar-refractivity contribution in [3.63, 3.8) is 0 Å². The average Bonchev–Trinajstić information content (AvgIpc) is 2.85. The largest absolute Gasteiger partial charge is 0.368 e. The molecule has 0 spiro atoms. The monoisotopic (exact) mass is 240 g/mol. The predicted octanol–water partition coefficient (Wildman–Crippen LogP) is -0.302. The first-order valence-corrected chi connectivity index (χ1v) is 5.66. The number of amides is 1. The number of nitrogens with zero attached hydrogens (tertiary/aromatic N) is 2. The van der Waals surface area contributed by atoms with Crippen molar-refractivity contribution in [2.75, 3.05) is 20.1 Å². The third-order valence-electron chi connectivity index (χ3n) is 2.63. The fraction of sp³-hybridized carbons (Fsp3) is 0.700. The lowest BCUT2D eigenvalue weighted by Crippen LogP contribution is -2.32. The minimum Gasteiger partial charge on any atom is -0.368 e. The van der Waals surface area contributed by atoms with Gasteiger partial charge >= 0.3 is 0 Å². The van der Waals surface area contributed by atoms with E-state index >= 15 is 0 Å². The molecule has 0 aromatic carbocycles. The summed E-state index contributed by atoms with van der Waals surface area (Å²) in [6, 6.07) is 0. The zero-order valence-electron chi connectivity index (χ0n) is 9.73. The molecule has 0 aliphatic carbocycles. The van der Waals surface area contributed by atoms with Gasteiger partial charge in [-0.2, -0.15) is 4.98 Å². The fourth-order valence-electron chi connectivity index (χ4n) is 1.67. The van der Waals surface area contributed by atoms with Crippen molar-refractivity contribution in [2.45, 2.75) is 25.6 Å². The quantitative estimate of drug-likeness (QED) is 0.751. The van der Waals surface area contributed by atoms with Gasteiger partial charge in [0.25, 0.3) is 17.6 Å². The Morgan fingerprint density at radius 1 is 1.59 bits per heavy atom. The van der Waals surface area contributed by atoms with E-state index in [-0.39, 0.29) is 24.4 Å². The highest BCUT2D eigenvalue weighted by atomic mass is 16.5. The van der Waals surface area contributed by atoms with Crippen LogP contribution in [0.25, 0.3) is 0 Å². The van der Waals surface area contributed by atoms with Crippen LogP contribution < -0.4 is 10.6 Å². The van der Waals surface area contributed by atoms with Gasteiger partial charge in [0, 0.05) is 7.05 Å². The van der Waals surface area contributed by atoms with E-state index in [1.54, 1.807) is 0 Å². The van der Waals surface area contributed by atoms with Gasteiger partial charge in [-0.25, -0.2) is 0 Å². The first-order chi connectivity index (χ1) is 8.29. The molecule has 0 bridgehead atoms. The van der Waals surface area contributed by atoms with Gasteiger partial charge in [0.2, 0.25) is 0 Å². The lowest BCUT2D eigenvalue weighted by Gasteiger charge is -2.21. The van der Waals surface area contributed by atoms with Crippen molar-refractivity contribution >= 4 is 5.91 Å². The van der Waals surface area contributed by atoms with Crippen molar-refractivity contribution < 1.29 is 14.1 Å². The smallest absolute Gasteiger partial charge is 0.292 e. The molecule has 0 atom stereocenters. The van der Waals surface area contributed by atoms with Gasteiger partial charge in [-0.1, -0.05) is 5.16 Å². The molecule has 2 rings (SSSR count). The number of ether oxygens (including phenoxy) is 1. The number of hydrogen-bond acceptors (Lipinski definition) is 6. The SMILES string of the molecule is CNC(=O)c1noc(COC2CCNCC2)n1. The number of piperidine rings is 1. The number of carbonyl (C=O) groups is 1. The predicted molar refractivity (Wildman–Crippen MR) is 58.4 cm³/mol. The summed E-state index contributed by atoms with van der Waals surface area (Å²) in [5.41, 5.74) is 0. The second-order valence-electron chi connectivity index (χ2n) is 3.85. The van der Waals surface area contributed by atoms with Crippen LogP contribution in [0, 0.1) is 0 Å². The van der Waals surface area contributed by atoms with E-state index in [0.717, 1.165) is 25.9 Å². The third kappa shape index (κ3) is 3.24. The molecular formula is C10H16N4O3. The molecule has 1 fully saturated rings. The van der Waals surface area contributed by atoms with E-state index in [1.807, 2.05) is 0 Å². The van der Waals surface area contributed by atoms with Crippen LogP contribution in [0.4, 0.5) is 0 Å². The first kappa shape index (κ1) is 12.0. The number of aromatic nitrogens is 2. The molecule has 0 radical (unpaired) electrons. The lowest BCUT2D eigenvalue weighted by atomic mass is 10.1. The lowest BCUT2D eigenvalue weighted by molar-refractivity contribution is 0.00859. The van der Waals surface area contributed by atoms with Gasteiger partial charge in [0.1, 0.15) is 6.61 Å². The second kappa shape index (κ2) is 5.74. The van der Waals surface area contributed by atoms with E-state index < -0.39 is 0 Å². The topological polar surface area (TPSA) is 89.3 Å². The fourth-order valence-corrected chi connectivity index (χ4v) is 1.67. The highest BCUT2D eigenvalue weighted by molar-refractivity contribution is 5.89. The molecule has 0 saturated carbocycles.